The van der Waals surface area contributed by atoms with Crippen LogP contribution in [0.25, 0.3) is 11.5 Å². The summed E-state index contributed by atoms with van der Waals surface area (Å²) in [5, 5.41) is 12.7. The molecule has 0 aromatic carbocycles. The maximum absolute atomic E-state index is 5.92. The molecular formula is C16H19N7O2. The lowest BCUT2D eigenvalue weighted by Gasteiger charge is -2.04. The van der Waals surface area contributed by atoms with Crippen molar-refractivity contribution in [1.82, 2.24) is 29.9 Å². The van der Waals surface area contributed by atoms with Gasteiger partial charge < -0.3 is 14.9 Å². The number of rotatable bonds is 5. The fraction of sp³-hybridized carbons (Fsp3) is 0.438. The number of hydrogen-bond acceptors (Lipinski definition) is 8. The molecule has 1 fully saturated rings. The van der Waals surface area contributed by atoms with Crippen molar-refractivity contribution >= 4 is 5.82 Å². The Morgan fingerprint density at radius 3 is 2.72 bits per heavy atom. The number of nitrogens with two attached hydrogens (primary N) is 1. The SMILES string of the molecule is COc1cnc(-c2nn(Cc3nnc(C)o3)c(C3CC3)c2C)nc1N. The van der Waals surface area contributed by atoms with E-state index in [9.17, 15) is 0 Å². The summed E-state index contributed by atoms with van der Waals surface area (Å²) in [7, 11) is 1.53. The minimum Gasteiger partial charge on any atom is -0.491 e. The molecule has 4 rings (SSSR count). The van der Waals surface area contributed by atoms with E-state index in [1.54, 1.807) is 13.1 Å². The van der Waals surface area contributed by atoms with E-state index >= 15 is 0 Å². The third-order valence-corrected chi connectivity index (χ3v) is 4.27. The molecule has 1 saturated carbocycles. The Kier molecular flexibility index (Phi) is 3.63. The monoisotopic (exact) mass is 341 g/mol. The van der Waals surface area contributed by atoms with E-state index in [2.05, 4.69) is 20.2 Å². The van der Waals surface area contributed by atoms with Crippen LogP contribution < -0.4 is 10.5 Å². The molecule has 3 aromatic rings. The summed E-state index contributed by atoms with van der Waals surface area (Å²) in [6.45, 7) is 4.24. The second kappa shape index (κ2) is 5.83. The third-order valence-electron chi connectivity index (χ3n) is 4.27. The van der Waals surface area contributed by atoms with Gasteiger partial charge in [0.25, 0.3) is 0 Å². The van der Waals surface area contributed by atoms with Crippen LogP contribution in [0.1, 0.15) is 41.8 Å². The Labute approximate surface area is 144 Å². The van der Waals surface area contributed by atoms with Crippen molar-refractivity contribution in [3.8, 4) is 17.3 Å². The van der Waals surface area contributed by atoms with Crippen LogP contribution in [0.4, 0.5) is 5.82 Å². The lowest BCUT2D eigenvalue weighted by Crippen LogP contribution is -2.06. The van der Waals surface area contributed by atoms with E-state index in [0.29, 0.717) is 47.3 Å². The van der Waals surface area contributed by atoms with Crippen molar-refractivity contribution in [2.45, 2.75) is 39.2 Å². The highest BCUT2D eigenvalue weighted by Gasteiger charge is 2.32. The molecule has 0 bridgehead atoms. The first-order valence-electron chi connectivity index (χ1n) is 8.10. The van der Waals surface area contributed by atoms with Gasteiger partial charge in [-0.05, 0) is 19.8 Å². The van der Waals surface area contributed by atoms with Crippen LogP contribution >= 0.6 is 0 Å². The van der Waals surface area contributed by atoms with Gasteiger partial charge in [-0.25, -0.2) is 9.97 Å². The van der Waals surface area contributed by atoms with E-state index in [1.165, 1.54) is 12.8 Å². The zero-order valence-corrected chi connectivity index (χ0v) is 14.4. The van der Waals surface area contributed by atoms with Crippen molar-refractivity contribution < 1.29 is 9.15 Å². The summed E-state index contributed by atoms with van der Waals surface area (Å²) < 4.78 is 12.5. The van der Waals surface area contributed by atoms with Crippen molar-refractivity contribution in [3.63, 3.8) is 0 Å². The zero-order valence-electron chi connectivity index (χ0n) is 14.4. The van der Waals surface area contributed by atoms with Gasteiger partial charge in [0.15, 0.2) is 17.4 Å². The van der Waals surface area contributed by atoms with Gasteiger partial charge in [-0.15, -0.1) is 10.2 Å². The zero-order chi connectivity index (χ0) is 17.6. The molecule has 25 heavy (non-hydrogen) atoms. The summed E-state index contributed by atoms with van der Waals surface area (Å²) in [5.74, 6) is 2.80. The number of hydrogen-bond donors (Lipinski definition) is 1. The molecule has 1 aliphatic rings. The molecule has 0 amide bonds. The van der Waals surface area contributed by atoms with Crippen molar-refractivity contribution in [3.05, 3.63) is 29.2 Å². The predicted molar refractivity (Wildman–Crippen MR) is 89.1 cm³/mol. The van der Waals surface area contributed by atoms with Crippen molar-refractivity contribution in [2.75, 3.05) is 12.8 Å². The molecule has 2 N–H and O–H groups in total. The van der Waals surface area contributed by atoms with Gasteiger partial charge in [-0.1, -0.05) is 0 Å². The highest BCUT2D eigenvalue weighted by atomic mass is 16.5. The molecule has 3 aromatic heterocycles. The van der Waals surface area contributed by atoms with E-state index in [-0.39, 0.29) is 0 Å². The number of aryl methyl sites for hydroxylation is 1. The maximum Gasteiger partial charge on any atom is 0.237 e. The lowest BCUT2D eigenvalue weighted by atomic mass is 10.1. The molecule has 9 nitrogen and oxygen atoms in total. The number of ether oxygens (including phenoxy) is 1. The Bertz CT molecular complexity index is 927. The summed E-state index contributed by atoms with van der Waals surface area (Å²) in [5.41, 5.74) is 8.86. The van der Waals surface area contributed by atoms with Crippen LogP contribution in [0.2, 0.25) is 0 Å². The van der Waals surface area contributed by atoms with E-state index < -0.39 is 0 Å². The standard InChI is InChI=1S/C16H19N7O2/c1-8-13(16-18-6-11(24-3)15(17)19-16)22-23(14(8)10-4-5-10)7-12-21-20-9(2)25-12/h6,10H,4-5,7H2,1-3H3,(H2,17,18,19). The minimum absolute atomic E-state index is 0.293. The summed E-state index contributed by atoms with van der Waals surface area (Å²) >= 11 is 0. The van der Waals surface area contributed by atoms with Crippen LogP contribution in [0.15, 0.2) is 10.6 Å². The van der Waals surface area contributed by atoms with Gasteiger partial charge in [0.2, 0.25) is 11.8 Å². The second-order valence-electron chi connectivity index (χ2n) is 6.15. The molecule has 9 heteroatoms. The molecule has 130 valence electrons. The summed E-state index contributed by atoms with van der Waals surface area (Å²) in [4.78, 5) is 8.68. The Morgan fingerprint density at radius 2 is 2.12 bits per heavy atom. The Hall–Kier alpha value is -2.97. The Balaban J connectivity index is 1.76. The summed E-state index contributed by atoms with van der Waals surface area (Å²) in [6.07, 6.45) is 3.87. The molecule has 0 spiro atoms. The van der Waals surface area contributed by atoms with E-state index in [4.69, 9.17) is 20.0 Å². The first-order chi connectivity index (χ1) is 12.1. The van der Waals surface area contributed by atoms with Crippen molar-refractivity contribution in [1.29, 1.82) is 0 Å². The predicted octanol–water partition coefficient (Wildman–Crippen LogP) is 1.86. The first kappa shape index (κ1) is 15.6. The normalized spacial score (nSPS) is 14.0. The molecule has 0 saturated heterocycles. The molecule has 0 atom stereocenters. The second-order valence-corrected chi connectivity index (χ2v) is 6.15. The lowest BCUT2D eigenvalue weighted by molar-refractivity contribution is 0.413. The van der Waals surface area contributed by atoms with E-state index in [0.717, 1.165) is 18.4 Å². The smallest absolute Gasteiger partial charge is 0.237 e. The fourth-order valence-corrected chi connectivity index (χ4v) is 2.96. The number of aromatic nitrogens is 6. The molecule has 0 radical (unpaired) electrons. The average Bonchev–Trinajstić information content (AvgIpc) is 3.26. The van der Waals surface area contributed by atoms with Gasteiger partial charge in [0.05, 0.1) is 13.3 Å². The van der Waals surface area contributed by atoms with Crippen LogP contribution in [0.3, 0.4) is 0 Å². The fourth-order valence-electron chi connectivity index (χ4n) is 2.96. The minimum atomic E-state index is 0.293. The third kappa shape index (κ3) is 2.81. The number of nitrogen functional groups attached to an aromatic ring is 1. The molecule has 0 aliphatic heterocycles. The van der Waals surface area contributed by atoms with Crippen LogP contribution in [-0.4, -0.2) is 37.1 Å². The van der Waals surface area contributed by atoms with Gasteiger partial charge in [0, 0.05) is 24.1 Å². The molecule has 1 aliphatic carbocycles. The highest BCUT2D eigenvalue weighted by molar-refractivity contribution is 5.60. The number of methoxy groups -OCH3 is 1. The van der Waals surface area contributed by atoms with Crippen molar-refractivity contribution in [2.24, 2.45) is 0 Å². The Morgan fingerprint density at radius 1 is 1.32 bits per heavy atom. The largest absolute Gasteiger partial charge is 0.491 e. The van der Waals surface area contributed by atoms with Crippen LogP contribution in [0, 0.1) is 13.8 Å². The van der Waals surface area contributed by atoms with Crippen LogP contribution in [-0.2, 0) is 6.54 Å². The van der Waals surface area contributed by atoms with Crippen LogP contribution in [0.5, 0.6) is 5.75 Å². The van der Waals surface area contributed by atoms with E-state index in [1.807, 2.05) is 11.6 Å². The average molecular weight is 341 g/mol. The van der Waals surface area contributed by atoms with Gasteiger partial charge in [-0.2, -0.15) is 5.10 Å². The number of anilines is 1. The van der Waals surface area contributed by atoms with Gasteiger partial charge in [0.1, 0.15) is 12.2 Å². The quantitative estimate of drug-likeness (QED) is 0.747. The van der Waals surface area contributed by atoms with Gasteiger partial charge >= 0.3 is 0 Å². The molecule has 0 unspecified atom stereocenters. The first-order valence-corrected chi connectivity index (χ1v) is 8.10. The molecular weight excluding hydrogens is 322 g/mol. The number of nitrogens with zero attached hydrogens (tertiary/aromatic N) is 6. The molecule has 3 heterocycles. The summed E-state index contributed by atoms with van der Waals surface area (Å²) in [6, 6.07) is 0. The van der Waals surface area contributed by atoms with Gasteiger partial charge in [-0.3, -0.25) is 4.68 Å². The highest BCUT2D eigenvalue weighted by Crippen LogP contribution is 2.43. The topological polar surface area (TPSA) is 118 Å². The maximum atomic E-state index is 5.92.